The highest BCUT2D eigenvalue weighted by molar-refractivity contribution is 6.35. The number of halogens is 1. The topological polar surface area (TPSA) is 47.9 Å². The highest BCUT2D eigenvalue weighted by Gasteiger charge is 2.10. The van der Waals surface area contributed by atoms with Gasteiger partial charge in [0.25, 0.3) is 0 Å². The average molecular weight is 348 g/mol. The molecular weight excluding hydrogens is 334 g/mol. The second-order valence-corrected chi connectivity index (χ2v) is 6.01. The van der Waals surface area contributed by atoms with Gasteiger partial charge in [-0.05, 0) is 31.2 Å². The molecule has 2 heterocycles. The molecule has 0 aliphatic rings. The molecule has 5 heteroatoms. The van der Waals surface area contributed by atoms with E-state index < -0.39 is 0 Å². The number of fused-ring (bicyclic) bond motifs is 1. The van der Waals surface area contributed by atoms with E-state index >= 15 is 0 Å². The molecule has 0 saturated heterocycles. The molecule has 25 heavy (non-hydrogen) atoms. The average Bonchev–Trinajstić information content (AvgIpc) is 2.65. The number of aryl methyl sites for hydroxylation is 1. The van der Waals surface area contributed by atoms with E-state index in [-0.39, 0.29) is 0 Å². The molecule has 0 fully saturated rings. The van der Waals surface area contributed by atoms with E-state index in [2.05, 4.69) is 15.0 Å². The van der Waals surface area contributed by atoms with Gasteiger partial charge in [0.1, 0.15) is 5.75 Å². The number of benzene rings is 2. The lowest BCUT2D eigenvalue weighted by atomic mass is 10.1. The second kappa shape index (κ2) is 6.49. The number of aromatic nitrogens is 3. The number of pyridine rings is 1. The normalized spacial score (nSPS) is 10.8. The molecule has 2 aromatic heterocycles. The summed E-state index contributed by atoms with van der Waals surface area (Å²) in [7, 11) is 0. The first-order valence-corrected chi connectivity index (χ1v) is 8.20. The van der Waals surface area contributed by atoms with E-state index in [9.17, 15) is 0 Å². The van der Waals surface area contributed by atoms with Crippen molar-refractivity contribution < 1.29 is 4.74 Å². The minimum atomic E-state index is 0.492. The van der Waals surface area contributed by atoms with Crippen LogP contribution in [0.25, 0.3) is 22.2 Å². The van der Waals surface area contributed by atoms with Crippen LogP contribution in [0.3, 0.4) is 0 Å². The maximum atomic E-state index is 6.28. The molecule has 0 radical (unpaired) electrons. The third-order valence-corrected chi connectivity index (χ3v) is 4.14. The van der Waals surface area contributed by atoms with Crippen molar-refractivity contribution in [1.82, 2.24) is 15.0 Å². The molecule has 122 valence electrons. The summed E-state index contributed by atoms with van der Waals surface area (Å²) in [4.78, 5) is 13.0. The van der Waals surface area contributed by atoms with Crippen molar-refractivity contribution in [3.05, 3.63) is 77.7 Å². The molecule has 4 rings (SSSR count). The molecule has 4 nitrogen and oxygen atoms in total. The Morgan fingerprint density at radius 1 is 0.880 bits per heavy atom. The van der Waals surface area contributed by atoms with E-state index in [0.717, 1.165) is 22.0 Å². The molecule has 0 saturated carbocycles. The summed E-state index contributed by atoms with van der Waals surface area (Å²) in [5, 5.41) is 2.58. The lowest BCUT2D eigenvalue weighted by Crippen LogP contribution is -1.96. The van der Waals surface area contributed by atoms with E-state index in [0.29, 0.717) is 22.5 Å². The van der Waals surface area contributed by atoms with Crippen molar-refractivity contribution in [1.29, 1.82) is 0 Å². The van der Waals surface area contributed by atoms with Crippen LogP contribution < -0.4 is 4.74 Å². The second-order valence-electron chi connectivity index (χ2n) is 5.60. The highest BCUT2D eigenvalue weighted by Crippen LogP contribution is 2.34. The Labute approximate surface area is 150 Å². The fraction of sp³-hybridized carbons (Fsp3) is 0.0500. The van der Waals surface area contributed by atoms with E-state index in [1.54, 1.807) is 12.4 Å². The summed E-state index contributed by atoms with van der Waals surface area (Å²) in [6, 6.07) is 17.1. The predicted octanol–water partition coefficient (Wildman–Crippen LogP) is 5.45. The van der Waals surface area contributed by atoms with Crippen molar-refractivity contribution in [2.45, 2.75) is 6.92 Å². The zero-order valence-corrected chi connectivity index (χ0v) is 14.2. The SMILES string of the molecule is Cc1cc(Oc2ccc(Cl)c3ccccc23)nc(-c2ccncc2)n1. The summed E-state index contributed by atoms with van der Waals surface area (Å²) >= 11 is 6.28. The molecule has 0 amide bonds. The van der Waals surface area contributed by atoms with Gasteiger partial charge in [0.2, 0.25) is 5.88 Å². The lowest BCUT2D eigenvalue weighted by Gasteiger charge is -2.11. The van der Waals surface area contributed by atoms with Crippen LogP contribution in [0.5, 0.6) is 11.6 Å². The summed E-state index contributed by atoms with van der Waals surface area (Å²) < 4.78 is 6.06. The monoisotopic (exact) mass is 347 g/mol. The van der Waals surface area contributed by atoms with Crippen LogP contribution in [0.2, 0.25) is 5.02 Å². The Balaban J connectivity index is 1.77. The van der Waals surface area contributed by atoms with Gasteiger partial charge in [0.15, 0.2) is 5.82 Å². The van der Waals surface area contributed by atoms with Gasteiger partial charge in [-0.25, -0.2) is 4.98 Å². The van der Waals surface area contributed by atoms with Crippen molar-refractivity contribution in [2.24, 2.45) is 0 Å². The Morgan fingerprint density at radius 2 is 1.64 bits per heavy atom. The zero-order chi connectivity index (χ0) is 17.2. The number of nitrogens with zero attached hydrogens (tertiary/aromatic N) is 3. The van der Waals surface area contributed by atoms with Crippen LogP contribution >= 0.6 is 11.6 Å². The Bertz CT molecular complexity index is 1050. The van der Waals surface area contributed by atoms with Gasteiger partial charge >= 0.3 is 0 Å². The maximum Gasteiger partial charge on any atom is 0.223 e. The fourth-order valence-electron chi connectivity index (χ4n) is 2.66. The third-order valence-electron chi connectivity index (χ3n) is 3.81. The van der Waals surface area contributed by atoms with E-state index in [1.165, 1.54) is 0 Å². The lowest BCUT2D eigenvalue weighted by molar-refractivity contribution is 0.467. The van der Waals surface area contributed by atoms with Gasteiger partial charge in [-0.1, -0.05) is 35.9 Å². The molecule has 0 aliphatic carbocycles. The predicted molar refractivity (Wildman–Crippen MR) is 99.0 cm³/mol. The first kappa shape index (κ1) is 15.5. The van der Waals surface area contributed by atoms with Crippen LogP contribution in [0, 0.1) is 6.92 Å². The van der Waals surface area contributed by atoms with Crippen molar-refractivity contribution in [2.75, 3.05) is 0 Å². The van der Waals surface area contributed by atoms with Gasteiger partial charge in [-0.15, -0.1) is 0 Å². The molecule has 0 bridgehead atoms. The molecule has 0 spiro atoms. The third kappa shape index (κ3) is 3.16. The summed E-state index contributed by atoms with van der Waals surface area (Å²) in [5.74, 6) is 1.81. The van der Waals surface area contributed by atoms with Crippen LogP contribution in [-0.4, -0.2) is 15.0 Å². The maximum absolute atomic E-state index is 6.28. The highest BCUT2D eigenvalue weighted by atomic mass is 35.5. The molecule has 0 atom stereocenters. The number of rotatable bonds is 3. The van der Waals surface area contributed by atoms with Crippen LogP contribution in [0.1, 0.15) is 5.69 Å². The van der Waals surface area contributed by atoms with Crippen molar-refractivity contribution in [3.63, 3.8) is 0 Å². The van der Waals surface area contributed by atoms with Crippen LogP contribution in [0.15, 0.2) is 67.0 Å². The number of hydrogen-bond acceptors (Lipinski definition) is 4. The molecule has 0 unspecified atom stereocenters. The largest absolute Gasteiger partial charge is 0.438 e. The molecule has 0 aliphatic heterocycles. The van der Waals surface area contributed by atoms with E-state index in [4.69, 9.17) is 16.3 Å². The smallest absolute Gasteiger partial charge is 0.223 e. The fourth-order valence-corrected chi connectivity index (χ4v) is 2.89. The van der Waals surface area contributed by atoms with Gasteiger partial charge in [-0.2, -0.15) is 4.98 Å². The van der Waals surface area contributed by atoms with Gasteiger partial charge in [0.05, 0.1) is 0 Å². The molecule has 4 aromatic rings. The Morgan fingerprint density at radius 3 is 2.44 bits per heavy atom. The standard InChI is InChI=1S/C20H14ClN3O/c1-13-12-19(24-20(23-13)14-8-10-22-11-9-14)25-18-7-6-17(21)15-4-2-3-5-16(15)18/h2-12H,1H3. The first-order valence-electron chi connectivity index (χ1n) is 7.82. The van der Waals surface area contributed by atoms with E-state index in [1.807, 2.05) is 61.5 Å². The van der Waals surface area contributed by atoms with Gasteiger partial charge in [-0.3, -0.25) is 4.98 Å². The molecule has 0 N–H and O–H groups in total. The first-order chi connectivity index (χ1) is 12.2. The minimum absolute atomic E-state index is 0.492. The van der Waals surface area contributed by atoms with Gasteiger partial charge < -0.3 is 4.74 Å². The van der Waals surface area contributed by atoms with Gasteiger partial charge in [0, 0.05) is 45.5 Å². The Kier molecular flexibility index (Phi) is 4.04. The van der Waals surface area contributed by atoms with Crippen LogP contribution in [-0.2, 0) is 0 Å². The number of hydrogen-bond donors (Lipinski definition) is 0. The summed E-state index contributed by atoms with van der Waals surface area (Å²) in [6.45, 7) is 1.92. The minimum Gasteiger partial charge on any atom is -0.438 e. The van der Waals surface area contributed by atoms with Crippen LogP contribution in [0.4, 0.5) is 0 Å². The Hall–Kier alpha value is -2.98. The summed E-state index contributed by atoms with van der Waals surface area (Å²) in [5.41, 5.74) is 1.72. The molecule has 2 aromatic carbocycles. The number of ether oxygens (including phenoxy) is 1. The zero-order valence-electron chi connectivity index (χ0n) is 13.5. The van der Waals surface area contributed by atoms with Crippen molar-refractivity contribution >= 4 is 22.4 Å². The summed E-state index contributed by atoms with van der Waals surface area (Å²) in [6.07, 6.45) is 3.43. The van der Waals surface area contributed by atoms with Crippen molar-refractivity contribution in [3.8, 4) is 23.0 Å². The molecular formula is C20H14ClN3O. The quantitative estimate of drug-likeness (QED) is 0.494.